The van der Waals surface area contributed by atoms with Crippen molar-refractivity contribution >= 4 is 26.7 Å². The van der Waals surface area contributed by atoms with Gasteiger partial charge in [0.2, 0.25) is 0 Å². The van der Waals surface area contributed by atoms with Crippen molar-refractivity contribution in [3.63, 3.8) is 0 Å². The molecule has 3 aromatic rings. The van der Waals surface area contributed by atoms with Crippen molar-refractivity contribution in [3.8, 4) is 5.75 Å². The van der Waals surface area contributed by atoms with Crippen LogP contribution in [0, 0.1) is 0 Å². The number of methoxy groups -OCH3 is 1. The average molecular weight is 300 g/mol. The van der Waals surface area contributed by atoms with E-state index in [9.17, 15) is 0 Å². The summed E-state index contributed by atoms with van der Waals surface area (Å²) in [5, 5.41) is 8.78. The van der Waals surface area contributed by atoms with Gasteiger partial charge in [-0.1, -0.05) is 11.3 Å². The van der Waals surface area contributed by atoms with Crippen molar-refractivity contribution in [1.82, 2.24) is 14.8 Å². The lowest BCUT2D eigenvalue weighted by atomic mass is 10.2. The van der Waals surface area contributed by atoms with Crippen LogP contribution in [0.2, 0.25) is 0 Å². The van der Waals surface area contributed by atoms with Gasteiger partial charge < -0.3 is 10.1 Å². The van der Waals surface area contributed by atoms with Crippen LogP contribution in [0.15, 0.2) is 24.4 Å². The highest BCUT2D eigenvalue weighted by Crippen LogP contribution is 2.29. The minimum absolute atomic E-state index is 0.784. The molecule has 21 heavy (non-hydrogen) atoms. The van der Waals surface area contributed by atoms with E-state index >= 15 is 0 Å². The molecule has 0 amide bonds. The number of anilines is 1. The topological polar surface area (TPSA) is 52.0 Å². The Kier molecular flexibility index (Phi) is 3.03. The lowest BCUT2D eigenvalue weighted by Gasteiger charge is -2.01. The van der Waals surface area contributed by atoms with E-state index in [2.05, 4.69) is 26.1 Å². The maximum Gasteiger partial charge on any atom is 0.184 e. The van der Waals surface area contributed by atoms with Gasteiger partial charge in [-0.3, -0.25) is 4.68 Å². The molecule has 0 fully saturated rings. The molecule has 0 saturated heterocycles. The van der Waals surface area contributed by atoms with Crippen LogP contribution < -0.4 is 10.1 Å². The van der Waals surface area contributed by atoms with Crippen molar-refractivity contribution in [2.75, 3.05) is 12.4 Å². The van der Waals surface area contributed by atoms with E-state index in [0.717, 1.165) is 35.9 Å². The lowest BCUT2D eigenvalue weighted by molar-refractivity contribution is 0.415. The largest absolute Gasteiger partial charge is 0.497 e. The molecule has 0 unspecified atom stereocenters. The summed E-state index contributed by atoms with van der Waals surface area (Å²) in [4.78, 5) is 4.61. The minimum Gasteiger partial charge on any atom is -0.497 e. The Morgan fingerprint density at radius 3 is 3.29 bits per heavy atom. The maximum absolute atomic E-state index is 5.23. The summed E-state index contributed by atoms with van der Waals surface area (Å²) in [6.07, 6.45) is 4.31. The summed E-state index contributed by atoms with van der Waals surface area (Å²) in [6.45, 7) is 1.84. The van der Waals surface area contributed by atoms with Crippen LogP contribution in [-0.2, 0) is 19.5 Å². The molecule has 0 saturated carbocycles. The van der Waals surface area contributed by atoms with E-state index in [4.69, 9.17) is 4.74 Å². The van der Waals surface area contributed by atoms with Crippen LogP contribution in [0.5, 0.6) is 5.75 Å². The van der Waals surface area contributed by atoms with Crippen LogP contribution >= 0.6 is 11.3 Å². The maximum atomic E-state index is 5.23. The first-order chi connectivity index (χ1) is 10.3. The highest BCUT2D eigenvalue weighted by atomic mass is 32.1. The Hall–Kier alpha value is -2.08. The second-order valence-corrected chi connectivity index (χ2v) is 6.18. The Morgan fingerprint density at radius 1 is 1.43 bits per heavy atom. The Morgan fingerprint density at radius 2 is 2.38 bits per heavy atom. The van der Waals surface area contributed by atoms with E-state index in [0.29, 0.717) is 0 Å². The Labute approximate surface area is 126 Å². The second-order valence-electron chi connectivity index (χ2n) is 5.15. The molecule has 1 aliphatic heterocycles. The molecule has 4 rings (SSSR count). The number of aromatic nitrogens is 3. The highest BCUT2D eigenvalue weighted by Gasteiger charge is 2.16. The molecule has 2 aromatic heterocycles. The number of ether oxygens (including phenoxy) is 1. The van der Waals surface area contributed by atoms with Crippen molar-refractivity contribution in [2.45, 2.75) is 25.9 Å². The first-order valence-corrected chi connectivity index (χ1v) is 7.87. The minimum atomic E-state index is 0.784. The molecule has 108 valence electrons. The summed E-state index contributed by atoms with van der Waals surface area (Å²) in [7, 11) is 1.67. The van der Waals surface area contributed by atoms with Crippen molar-refractivity contribution in [3.05, 3.63) is 35.7 Å². The molecule has 1 aliphatic rings. The zero-order chi connectivity index (χ0) is 14.2. The molecule has 0 aliphatic carbocycles. The van der Waals surface area contributed by atoms with Crippen molar-refractivity contribution in [2.24, 2.45) is 0 Å². The van der Waals surface area contributed by atoms with Crippen LogP contribution in [0.3, 0.4) is 0 Å². The summed E-state index contributed by atoms with van der Waals surface area (Å²) >= 11 is 1.67. The molecule has 0 atom stereocenters. The van der Waals surface area contributed by atoms with Crippen LogP contribution in [-0.4, -0.2) is 21.9 Å². The highest BCUT2D eigenvalue weighted by molar-refractivity contribution is 7.22. The quantitative estimate of drug-likeness (QED) is 0.804. The molecular formula is C15H16N4OS. The molecule has 6 heteroatoms. The normalized spacial score (nSPS) is 13.6. The fraction of sp³-hybridized carbons (Fsp3) is 0.333. The average Bonchev–Trinajstić information content (AvgIpc) is 3.19. The van der Waals surface area contributed by atoms with E-state index in [1.54, 1.807) is 18.4 Å². The number of aryl methyl sites for hydroxylation is 1. The van der Waals surface area contributed by atoms with Gasteiger partial charge in [-0.05, 0) is 25.0 Å². The fourth-order valence-electron chi connectivity index (χ4n) is 2.76. The number of fused-ring (bicyclic) bond motifs is 2. The molecule has 1 N–H and O–H groups in total. The van der Waals surface area contributed by atoms with Crippen LogP contribution in [0.1, 0.15) is 17.7 Å². The van der Waals surface area contributed by atoms with Gasteiger partial charge in [-0.25, -0.2) is 4.98 Å². The standard InChI is InChI=1S/C15H16N4OS/c1-20-11-4-5-14-12(7-11)18-15(21-14)16-8-10-9-17-19-6-2-3-13(10)19/h4-5,7,9H,2-3,6,8H2,1H3,(H,16,18). The number of hydrogen-bond donors (Lipinski definition) is 1. The first kappa shape index (κ1) is 12.6. The van der Waals surface area contributed by atoms with Crippen LogP contribution in [0.25, 0.3) is 10.2 Å². The smallest absolute Gasteiger partial charge is 0.184 e. The van der Waals surface area contributed by atoms with Gasteiger partial charge >= 0.3 is 0 Å². The number of benzene rings is 1. The summed E-state index contributed by atoms with van der Waals surface area (Å²) in [5.41, 5.74) is 3.62. The third kappa shape index (κ3) is 2.25. The van der Waals surface area contributed by atoms with Crippen LogP contribution in [0.4, 0.5) is 5.13 Å². The van der Waals surface area contributed by atoms with Gasteiger partial charge in [0.15, 0.2) is 5.13 Å². The van der Waals surface area contributed by atoms with E-state index in [1.165, 1.54) is 22.4 Å². The molecule has 0 radical (unpaired) electrons. The predicted octanol–water partition coefficient (Wildman–Crippen LogP) is 3.06. The number of nitrogens with one attached hydrogen (secondary N) is 1. The van der Waals surface area contributed by atoms with E-state index < -0.39 is 0 Å². The van der Waals surface area contributed by atoms with E-state index in [-0.39, 0.29) is 0 Å². The van der Waals surface area contributed by atoms with Gasteiger partial charge in [-0.15, -0.1) is 0 Å². The second kappa shape index (κ2) is 5.04. The Bertz CT molecular complexity index is 792. The fourth-order valence-corrected chi connectivity index (χ4v) is 3.60. The number of hydrogen-bond acceptors (Lipinski definition) is 5. The third-order valence-electron chi connectivity index (χ3n) is 3.84. The number of thiazole rings is 1. The molecule has 0 bridgehead atoms. The molecule has 3 heterocycles. The van der Waals surface area contributed by atoms with Crippen molar-refractivity contribution < 1.29 is 4.74 Å². The monoisotopic (exact) mass is 300 g/mol. The Balaban J connectivity index is 1.54. The molecular weight excluding hydrogens is 284 g/mol. The van der Waals surface area contributed by atoms with Gasteiger partial charge in [0.25, 0.3) is 0 Å². The SMILES string of the molecule is COc1ccc2sc(NCc3cnn4c3CCC4)nc2c1. The van der Waals surface area contributed by atoms with Crippen molar-refractivity contribution in [1.29, 1.82) is 0 Å². The van der Waals surface area contributed by atoms with Gasteiger partial charge in [0, 0.05) is 30.4 Å². The summed E-state index contributed by atoms with van der Waals surface area (Å²) in [5.74, 6) is 0.841. The zero-order valence-electron chi connectivity index (χ0n) is 11.8. The van der Waals surface area contributed by atoms with E-state index in [1.807, 2.05) is 18.3 Å². The van der Waals surface area contributed by atoms with Gasteiger partial charge in [-0.2, -0.15) is 5.10 Å². The predicted molar refractivity (Wildman–Crippen MR) is 84.0 cm³/mol. The van der Waals surface area contributed by atoms with Gasteiger partial charge in [0.1, 0.15) is 5.75 Å². The molecule has 1 aromatic carbocycles. The first-order valence-electron chi connectivity index (χ1n) is 7.05. The zero-order valence-corrected chi connectivity index (χ0v) is 12.6. The summed E-state index contributed by atoms with van der Waals surface area (Å²) in [6, 6.07) is 5.98. The van der Waals surface area contributed by atoms with Gasteiger partial charge in [0.05, 0.1) is 23.5 Å². The molecule has 5 nitrogen and oxygen atoms in total. The third-order valence-corrected chi connectivity index (χ3v) is 4.84. The molecule has 0 spiro atoms. The number of rotatable bonds is 4. The summed E-state index contributed by atoms with van der Waals surface area (Å²) < 4.78 is 8.51. The lowest BCUT2D eigenvalue weighted by Crippen LogP contribution is -2.01. The number of nitrogens with zero attached hydrogens (tertiary/aromatic N) is 3.